The summed E-state index contributed by atoms with van der Waals surface area (Å²) >= 11 is 0. The van der Waals surface area contributed by atoms with Gasteiger partial charge in [-0.15, -0.1) is 0 Å². The number of ether oxygens (including phenoxy) is 2. The summed E-state index contributed by atoms with van der Waals surface area (Å²) < 4.78 is 10.7. The van der Waals surface area contributed by atoms with Crippen LogP contribution in [0.2, 0.25) is 0 Å². The third-order valence-corrected chi connectivity index (χ3v) is 3.40. The van der Waals surface area contributed by atoms with Crippen LogP contribution in [0.15, 0.2) is 54.6 Å². The van der Waals surface area contributed by atoms with Gasteiger partial charge >= 0.3 is 0 Å². The number of amides is 2. The van der Waals surface area contributed by atoms with Crippen LogP contribution in [-0.4, -0.2) is 38.6 Å². The van der Waals surface area contributed by atoms with E-state index in [0.717, 1.165) is 5.56 Å². The maximum atomic E-state index is 11.8. The minimum atomic E-state index is -0.259. The SMILES string of the molecule is COc1ccccc1OCCNC(=O)CNC(=O)Cc1ccccc1. The van der Waals surface area contributed by atoms with Crippen LogP contribution in [0.1, 0.15) is 5.56 Å². The zero-order valence-corrected chi connectivity index (χ0v) is 14.2. The van der Waals surface area contributed by atoms with E-state index in [1.165, 1.54) is 0 Å². The highest BCUT2D eigenvalue weighted by molar-refractivity contribution is 5.85. The topological polar surface area (TPSA) is 76.7 Å². The molecule has 2 rings (SSSR count). The average Bonchev–Trinajstić information content (AvgIpc) is 2.64. The number of hydrogen-bond donors (Lipinski definition) is 2. The maximum Gasteiger partial charge on any atom is 0.239 e. The Bertz CT molecular complexity index is 689. The van der Waals surface area contributed by atoms with Crippen LogP contribution in [0.4, 0.5) is 0 Å². The van der Waals surface area contributed by atoms with Crippen LogP contribution < -0.4 is 20.1 Å². The Hall–Kier alpha value is -3.02. The Morgan fingerprint density at radius 1 is 0.880 bits per heavy atom. The number of nitrogens with one attached hydrogen (secondary N) is 2. The fourth-order valence-electron chi connectivity index (χ4n) is 2.17. The predicted octanol–water partition coefficient (Wildman–Crippen LogP) is 1.55. The molecule has 2 aromatic carbocycles. The van der Waals surface area contributed by atoms with Gasteiger partial charge in [-0.05, 0) is 17.7 Å². The summed E-state index contributed by atoms with van der Waals surface area (Å²) in [5.41, 5.74) is 0.908. The highest BCUT2D eigenvalue weighted by atomic mass is 16.5. The van der Waals surface area contributed by atoms with E-state index >= 15 is 0 Å². The van der Waals surface area contributed by atoms with Gasteiger partial charge in [0.15, 0.2) is 11.5 Å². The van der Waals surface area contributed by atoms with Crippen LogP contribution in [-0.2, 0) is 16.0 Å². The number of para-hydroxylation sites is 2. The van der Waals surface area contributed by atoms with Gasteiger partial charge in [-0.1, -0.05) is 42.5 Å². The number of carbonyl (C=O) groups excluding carboxylic acids is 2. The van der Waals surface area contributed by atoms with Crippen molar-refractivity contribution in [2.75, 3.05) is 26.8 Å². The van der Waals surface area contributed by atoms with E-state index in [9.17, 15) is 9.59 Å². The summed E-state index contributed by atoms with van der Waals surface area (Å²) in [4.78, 5) is 23.5. The summed E-state index contributed by atoms with van der Waals surface area (Å²) in [5.74, 6) is 0.814. The lowest BCUT2D eigenvalue weighted by Gasteiger charge is -2.11. The first-order valence-corrected chi connectivity index (χ1v) is 8.02. The van der Waals surface area contributed by atoms with E-state index < -0.39 is 0 Å². The lowest BCUT2D eigenvalue weighted by atomic mass is 10.1. The second-order valence-electron chi connectivity index (χ2n) is 5.29. The van der Waals surface area contributed by atoms with Gasteiger partial charge in [-0.3, -0.25) is 9.59 Å². The molecule has 2 aromatic rings. The summed E-state index contributed by atoms with van der Waals surface area (Å²) in [6.07, 6.45) is 0.255. The van der Waals surface area contributed by atoms with Gasteiger partial charge in [-0.25, -0.2) is 0 Å². The van der Waals surface area contributed by atoms with Crippen molar-refractivity contribution in [1.82, 2.24) is 10.6 Å². The third-order valence-electron chi connectivity index (χ3n) is 3.40. The van der Waals surface area contributed by atoms with E-state index in [2.05, 4.69) is 10.6 Å². The molecule has 0 aliphatic carbocycles. The first-order valence-electron chi connectivity index (χ1n) is 8.02. The van der Waals surface area contributed by atoms with Crippen LogP contribution in [0.3, 0.4) is 0 Å². The first-order chi connectivity index (χ1) is 12.2. The lowest BCUT2D eigenvalue weighted by Crippen LogP contribution is -2.39. The molecular formula is C19H22N2O4. The molecule has 0 radical (unpaired) electrons. The zero-order chi connectivity index (χ0) is 17.9. The largest absolute Gasteiger partial charge is 0.493 e. The summed E-state index contributed by atoms with van der Waals surface area (Å²) in [7, 11) is 1.57. The molecule has 6 heteroatoms. The quantitative estimate of drug-likeness (QED) is 0.678. The molecule has 0 heterocycles. The van der Waals surface area contributed by atoms with Gasteiger partial charge in [-0.2, -0.15) is 0 Å². The van der Waals surface area contributed by atoms with Crippen molar-refractivity contribution in [2.45, 2.75) is 6.42 Å². The number of rotatable bonds is 9. The molecule has 0 spiro atoms. The van der Waals surface area contributed by atoms with Crippen molar-refractivity contribution in [1.29, 1.82) is 0 Å². The van der Waals surface area contributed by atoms with Crippen molar-refractivity contribution < 1.29 is 19.1 Å². The molecule has 0 aromatic heterocycles. The van der Waals surface area contributed by atoms with Gasteiger partial charge in [0.25, 0.3) is 0 Å². The Labute approximate surface area is 147 Å². The van der Waals surface area contributed by atoms with E-state index in [4.69, 9.17) is 9.47 Å². The van der Waals surface area contributed by atoms with Crippen LogP contribution in [0.5, 0.6) is 11.5 Å². The smallest absolute Gasteiger partial charge is 0.239 e. The number of carbonyl (C=O) groups is 2. The zero-order valence-electron chi connectivity index (χ0n) is 14.2. The molecule has 0 unspecified atom stereocenters. The molecule has 2 amide bonds. The van der Waals surface area contributed by atoms with Crippen molar-refractivity contribution in [3.05, 3.63) is 60.2 Å². The predicted molar refractivity (Wildman–Crippen MR) is 94.7 cm³/mol. The normalized spacial score (nSPS) is 9.96. The minimum absolute atomic E-state index is 0.0552. The van der Waals surface area contributed by atoms with Crippen LogP contribution in [0, 0.1) is 0 Å². The van der Waals surface area contributed by atoms with Crippen LogP contribution in [0.25, 0.3) is 0 Å². The summed E-state index contributed by atoms with van der Waals surface area (Å²) in [5, 5.41) is 5.29. The van der Waals surface area contributed by atoms with Crippen molar-refractivity contribution in [3.63, 3.8) is 0 Å². The molecule has 25 heavy (non-hydrogen) atoms. The standard InChI is InChI=1S/C19H22N2O4/c1-24-16-9-5-6-10-17(16)25-12-11-20-19(23)14-21-18(22)13-15-7-3-2-4-8-15/h2-10H,11-14H2,1H3,(H,20,23)(H,21,22). The number of methoxy groups -OCH3 is 1. The highest BCUT2D eigenvalue weighted by Gasteiger charge is 2.07. The Balaban J connectivity index is 1.61. The fourth-order valence-corrected chi connectivity index (χ4v) is 2.17. The average molecular weight is 342 g/mol. The molecule has 0 bridgehead atoms. The second-order valence-corrected chi connectivity index (χ2v) is 5.29. The molecule has 0 atom stereocenters. The van der Waals surface area contributed by atoms with Crippen molar-refractivity contribution in [3.8, 4) is 11.5 Å². The number of benzene rings is 2. The molecule has 0 fully saturated rings. The monoisotopic (exact) mass is 342 g/mol. The van der Waals surface area contributed by atoms with Crippen LogP contribution >= 0.6 is 0 Å². The van der Waals surface area contributed by atoms with Gasteiger partial charge in [0.2, 0.25) is 11.8 Å². The highest BCUT2D eigenvalue weighted by Crippen LogP contribution is 2.25. The Morgan fingerprint density at radius 2 is 1.56 bits per heavy atom. The van der Waals surface area contributed by atoms with E-state index in [1.807, 2.05) is 42.5 Å². The van der Waals surface area contributed by atoms with Gasteiger partial charge in [0.05, 0.1) is 26.6 Å². The fraction of sp³-hybridized carbons (Fsp3) is 0.263. The van der Waals surface area contributed by atoms with Crippen molar-refractivity contribution in [2.24, 2.45) is 0 Å². The Kier molecular flexibility index (Phi) is 7.31. The van der Waals surface area contributed by atoms with E-state index in [0.29, 0.717) is 24.7 Å². The van der Waals surface area contributed by atoms with Gasteiger partial charge in [0.1, 0.15) is 6.61 Å². The molecule has 6 nitrogen and oxygen atoms in total. The molecule has 0 aliphatic rings. The number of hydrogen-bond acceptors (Lipinski definition) is 4. The summed E-state index contributed by atoms with van der Waals surface area (Å²) in [6.45, 7) is 0.593. The molecule has 2 N–H and O–H groups in total. The van der Waals surface area contributed by atoms with Crippen molar-refractivity contribution >= 4 is 11.8 Å². The first kappa shape index (κ1) is 18.3. The molecule has 132 valence electrons. The Morgan fingerprint density at radius 3 is 2.28 bits per heavy atom. The lowest BCUT2D eigenvalue weighted by molar-refractivity contribution is -0.125. The molecule has 0 aliphatic heterocycles. The molecular weight excluding hydrogens is 320 g/mol. The summed E-state index contributed by atoms with van der Waals surface area (Å²) in [6, 6.07) is 16.7. The molecule has 0 saturated carbocycles. The molecule has 0 saturated heterocycles. The van der Waals surface area contributed by atoms with E-state index in [1.54, 1.807) is 19.2 Å². The van der Waals surface area contributed by atoms with E-state index in [-0.39, 0.29) is 24.8 Å². The third kappa shape index (κ3) is 6.55. The van der Waals surface area contributed by atoms with Gasteiger partial charge < -0.3 is 20.1 Å². The maximum absolute atomic E-state index is 11.8. The van der Waals surface area contributed by atoms with Gasteiger partial charge in [0, 0.05) is 0 Å². The second kappa shape index (κ2) is 9.97. The minimum Gasteiger partial charge on any atom is -0.493 e.